The van der Waals surface area contributed by atoms with Gasteiger partial charge in [-0.05, 0) is 54.3 Å². The molecule has 36 heavy (non-hydrogen) atoms. The SMILES string of the molecule is CN1C(=O)Cc2cnc(Nc3ccc(C(=O)N[C@@H]4CCc5ccccc54)cc3)nc2-c2ccccc21. The summed E-state index contributed by atoms with van der Waals surface area (Å²) in [5, 5.41) is 6.39. The number of nitrogens with zero attached hydrogens (tertiary/aromatic N) is 3. The van der Waals surface area contributed by atoms with Gasteiger partial charge in [-0.1, -0.05) is 42.5 Å². The van der Waals surface area contributed by atoms with Crippen molar-refractivity contribution in [3.05, 3.63) is 101 Å². The quantitative estimate of drug-likeness (QED) is 0.442. The number of rotatable bonds is 4. The predicted molar refractivity (Wildman–Crippen MR) is 139 cm³/mol. The second-order valence-electron chi connectivity index (χ2n) is 9.18. The van der Waals surface area contributed by atoms with Gasteiger partial charge in [0, 0.05) is 35.6 Å². The van der Waals surface area contributed by atoms with Crippen LogP contribution < -0.4 is 15.5 Å². The van der Waals surface area contributed by atoms with E-state index in [4.69, 9.17) is 4.98 Å². The summed E-state index contributed by atoms with van der Waals surface area (Å²) in [6.07, 6.45) is 3.86. The fourth-order valence-corrected chi connectivity index (χ4v) is 4.99. The second kappa shape index (κ2) is 8.92. The molecular weight excluding hydrogens is 450 g/mol. The number of fused-ring (bicyclic) bond motifs is 4. The molecule has 7 heteroatoms. The van der Waals surface area contributed by atoms with Gasteiger partial charge in [0.05, 0.1) is 23.8 Å². The van der Waals surface area contributed by atoms with Gasteiger partial charge < -0.3 is 15.5 Å². The minimum absolute atomic E-state index is 0.000432. The number of carbonyl (C=O) groups is 2. The molecule has 178 valence electrons. The maximum atomic E-state index is 12.9. The summed E-state index contributed by atoms with van der Waals surface area (Å²) < 4.78 is 0. The van der Waals surface area contributed by atoms with Gasteiger partial charge in [-0.2, -0.15) is 0 Å². The number of benzene rings is 3. The lowest BCUT2D eigenvalue weighted by Crippen LogP contribution is -2.27. The van der Waals surface area contributed by atoms with E-state index < -0.39 is 0 Å². The van der Waals surface area contributed by atoms with Crippen LogP contribution in [-0.4, -0.2) is 28.8 Å². The Morgan fingerprint density at radius 1 is 0.972 bits per heavy atom. The molecule has 0 spiro atoms. The van der Waals surface area contributed by atoms with Crippen molar-refractivity contribution in [2.45, 2.75) is 25.3 Å². The number of para-hydroxylation sites is 1. The third kappa shape index (κ3) is 3.98. The number of hydrogen-bond donors (Lipinski definition) is 2. The van der Waals surface area contributed by atoms with Crippen LogP contribution in [0.5, 0.6) is 0 Å². The normalized spacial score (nSPS) is 16.0. The average Bonchev–Trinajstić information content (AvgIpc) is 3.28. The van der Waals surface area contributed by atoms with Gasteiger partial charge in [0.15, 0.2) is 0 Å². The number of carbonyl (C=O) groups excluding carboxylic acids is 2. The van der Waals surface area contributed by atoms with Crippen molar-refractivity contribution in [1.82, 2.24) is 15.3 Å². The number of amides is 2. The fraction of sp³-hybridized carbons (Fsp3) is 0.172. The highest BCUT2D eigenvalue weighted by atomic mass is 16.2. The van der Waals surface area contributed by atoms with Crippen molar-refractivity contribution in [1.29, 1.82) is 0 Å². The first-order valence-corrected chi connectivity index (χ1v) is 12.0. The van der Waals surface area contributed by atoms with E-state index in [0.29, 0.717) is 11.5 Å². The van der Waals surface area contributed by atoms with Crippen molar-refractivity contribution >= 4 is 29.1 Å². The average molecular weight is 476 g/mol. The molecule has 2 heterocycles. The van der Waals surface area contributed by atoms with E-state index in [9.17, 15) is 9.59 Å². The molecule has 1 aliphatic carbocycles. The van der Waals surface area contributed by atoms with Gasteiger partial charge in [0.2, 0.25) is 11.9 Å². The summed E-state index contributed by atoms with van der Waals surface area (Å²) in [5.74, 6) is 0.343. The van der Waals surface area contributed by atoms with E-state index in [-0.39, 0.29) is 24.3 Å². The summed E-state index contributed by atoms with van der Waals surface area (Å²) in [7, 11) is 1.78. The van der Waals surface area contributed by atoms with E-state index in [1.165, 1.54) is 11.1 Å². The summed E-state index contributed by atoms with van der Waals surface area (Å²) in [4.78, 5) is 36.3. The highest BCUT2D eigenvalue weighted by Crippen LogP contribution is 2.35. The van der Waals surface area contributed by atoms with Gasteiger partial charge in [0.1, 0.15) is 0 Å². The van der Waals surface area contributed by atoms with E-state index in [2.05, 4.69) is 27.8 Å². The van der Waals surface area contributed by atoms with Crippen LogP contribution in [0.25, 0.3) is 11.3 Å². The zero-order chi connectivity index (χ0) is 24.6. The summed E-state index contributed by atoms with van der Waals surface area (Å²) in [5.41, 5.74) is 7.14. The smallest absolute Gasteiger partial charge is 0.251 e. The van der Waals surface area contributed by atoms with Crippen LogP contribution in [0.1, 0.15) is 39.5 Å². The monoisotopic (exact) mass is 475 g/mol. The molecule has 0 unspecified atom stereocenters. The molecule has 0 fully saturated rings. The van der Waals surface area contributed by atoms with E-state index in [1.807, 2.05) is 48.5 Å². The van der Waals surface area contributed by atoms with Gasteiger partial charge in [0.25, 0.3) is 5.91 Å². The molecule has 1 aromatic heterocycles. The lowest BCUT2D eigenvalue weighted by molar-refractivity contribution is -0.117. The second-order valence-corrected chi connectivity index (χ2v) is 9.18. The Morgan fingerprint density at radius 3 is 2.61 bits per heavy atom. The predicted octanol–water partition coefficient (Wildman–Crippen LogP) is 4.82. The van der Waals surface area contributed by atoms with E-state index >= 15 is 0 Å². The molecule has 7 nitrogen and oxygen atoms in total. The highest BCUT2D eigenvalue weighted by molar-refractivity contribution is 6.01. The third-order valence-corrected chi connectivity index (χ3v) is 6.94. The van der Waals surface area contributed by atoms with Crippen molar-refractivity contribution in [3.63, 3.8) is 0 Å². The Bertz CT molecular complexity index is 1480. The fourth-order valence-electron chi connectivity index (χ4n) is 4.99. The summed E-state index contributed by atoms with van der Waals surface area (Å²) in [6.45, 7) is 0. The molecular formula is C29H25N5O2. The molecule has 2 amide bonds. The van der Waals surface area contributed by atoms with Crippen LogP contribution >= 0.6 is 0 Å². The minimum Gasteiger partial charge on any atom is -0.345 e. The number of aromatic nitrogens is 2. The zero-order valence-corrected chi connectivity index (χ0v) is 19.9. The Kier molecular flexibility index (Phi) is 5.45. The summed E-state index contributed by atoms with van der Waals surface area (Å²) in [6, 6.07) is 23.4. The number of hydrogen-bond acceptors (Lipinski definition) is 5. The third-order valence-electron chi connectivity index (χ3n) is 6.94. The molecule has 0 bridgehead atoms. The maximum absolute atomic E-state index is 12.9. The molecule has 0 saturated heterocycles. The van der Waals surface area contributed by atoms with E-state index in [1.54, 1.807) is 30.3 Å². The first-order valence-electron chi connectivity index (χ1n) is 12.0. The number of anilines is 3. The first-order chi connectivity index (χ1) is 17.6. The molecule has 4 aromatic rings. The van der Waals surface area contributed by atoms with Gasteiger partial charge in [-0.15, -0.1) is 0 Å². The van der Waals surface area contributed by atoms with Crippen LogP contribution in [0.4, 0.5) is 17.3 Å². The zero-order valence-electron chi connectivity index (χ0n) is 19.9. The van der Waals surface area contributed by atoms with Crippen LogP contribution in [0.3, 0.4) is 0 Å². The largest absolute Gasteiger partial charge is 0.345 e. The minimum atomic E-state index is -0.0880. The highest BCUT2D eigenvalue weighted by Gasteiger charge is 2.25. The molecule has 0 radical (unpaired) electrons. The molecule has 6 rings (SSSR count). The van der Waals surface area contributed by atoms with Crippen LogP contribution in [0, 0.1) is 0 Å². The van der Waals surface area contributed by atoms with Crippen LogP contribution in [-0.2, 0) is 17.6 Å². The molecule has 2 N–H and O–H groups in total. The van der Waals surface area contributed by atoms with E-state index in [0.717, 1.165) is 41.0 Å². The molecule has 1 aliphatic heterocycles. The van der Waals surface area contributed by atoms with Crippen molar-refractivity contribution in [3.8, 4) is 11.3 Å². The van der Waals surface area contributed by atoms with Gasteiger partial charge in [-0.3, -0.25) is 9.59 Å². The molecule has 1 atom stereocenters. The number of aryl methyl sites for hydroxylation is 1. The topological polar surface area (TPSA) is 87.2 Å². The Balaban J connectivity index is 1.20. The Morgan fingerprint density at radius 2 is 1.75 bits per heavy atom. The number of nitrogens with one attached hydrogen (secondary N) is 2. The molecule has 2 aliphatic rings. The number of likely N-dealkylation sites (N-methyl/N-ethyl adjacent to an activating group) is 1. The maximum Gasteiger partial charge on any atom is 0.251 e. The molecule has 0 saturated carbocycles. The van der Waals surface area contributed by atoms with Crippen LogP contribution in [0.2, 0.25) is 0 Å². The molecule has 3 aromatic carbocycles. The van der Waals surface area contributed by atoms with Gasteiger partial charge in [-0.25, -0.2) is 9.97 Å². The Labute approximate surface area is 209 Å². The van der Waals surface area contributed by atoms with Crippen LogP contribution in [0.15, 0.2) is 79.0 Å². The van der Waals surface area contributed by atoms with Crippen molar-refractivity contribution in [2.24, 2.45) is 0 Å². The van der Waals surface area contributed by atoms with Crippen molar-refractivity contribution in [2.75, 3.05) is 17.3 Å². The Hall–Kier alpha value is -4.52. The first kappa shape index (κ1) is 22.0. The lowest BCUT2D eigenvalue weighted by atomic mass is 10.1. The van der Waals surface area contributed by atoms with Crippen molar-refractivity contribution < 1.29 is 9.59 Å². The standard InChI is InChI=1S/C29H25N5O2/c1-34-25-9-5-4-8-23(25)27-20(16-26(34)35)17-30-29(33-27)31-21-13-10-19(11-14-21)28(36)32-24-15-12-18-6-2-3-7-22(18)24/h2-11,13-14,17,24H,12,15-16H2,1H3,(H,32,36)(H,30,31,33)/t24-/m1/s1. The van der Waals surface area contributed by atoms with Gasteiger partial charge >= 0.3 is 0 Å². The lowest BCUT2D eigenvalue weighted by Gasteiger charge is -2.17. The summed E-state index contributed by atoms with van der Waals surface area (Å²) >= 11 is 0.